The zero-order valence-corrected chi connectivity index (χ0v) is 13.8. The average molecular weight is 350 g/mol. The highest BCUT2D eigenvalue weighted by Crippen LogP contribution is 2.14. The maximum Gasteiger partial charge on any atom is 0.339 e. The summed E-state index contributed by atoms with van der Waals surface area (Å²) in [5.74, 6) is -1.31. The van der Waals surface area contributed by atoms with Gasteiger partial charge in [0, 0.05) is 0 Å². The number of benzene rings is 3. The molecule has 0 fully saturated rings. The van der Waals surface area contributed by atoms with Crippen molar-refractivity contribution in [2.24, 2.45) is 10.3 Å². The van der Waals surface area contributed by atoms with Gasteiger partial charge in [-0.25, -0.2) is 10.3 Å². The van der Waals surface area contributed by atoms with E-state index in [-0.39, 0.29) is 11.3 Å². The van der Waals surface area contributed by atoms with Crippen molar-refractivity contribution in [3.8, 4) is 5.75 Å². The van der Waals surface area contributed by atoms with Crippen LogP contribution in [-0.4, -0.2) is 16.2 Å². The van der Waals surface area contributed by atoms with E-state index in [9.17, 15) is 4.79 Å². The number of para-hydroxylation sites is 2. The van der Waals surface area contributed by atoms with Crippen LogP contribution in [0.15, 0.2) is 95.3 Å². The van der Waals surface area contributed by atoms with Gasteiger partial charge in [-0.3, -0.25) is 5.43 Å². The van der Waals surface area contributed by atoms with Gasteiger partial charge in [-0.05, 0) is 36.4 Å². The number of nitrogens with one attached hydrogen (secondary N) is 2. The van der Waals surface area contributed by atoms with E-state index < -0.39 is 5.97 Å². The first-order valence-electron chi connectivity index (χ1n) is 7.70. The van der Waals surface area contributed by atoms with E-state index >= 15 is 0 Å². The summed E-state index contributed by atoms with van der Waals surface area (Å²) in [5.41, 5.74) is 7.25. The van der Waals surface area contributed by atoms with Crippen molar-refractivity contribution < 1.29 is 15.0 Å². The van der Waals surface area contributed by atoms with Crippen molar-refractivity contribution >= 4 is 17.3 Å². The molecule has 0 amide bonds. The Morgan fingerprint density at radius 2 is 1.38 bits per heavy atom. The summed E-state index contributed by atoms with van der Waals surface area (Å²) in [4.78, 5) is 10.3. The molecule has 4 N–H and O–H groups in total. The highest BCUT2D eigenvalue weighted by molar-refractivity contribution is 5.90. The Kier molecular flexibility index (Phi) is 7.17. The molecular formula is C19H18N4O3. The first-order valence-corrected chi connectivity index (χ1v) is 7.70. The fourth-order valence-electron chi connectivity index (χ4n) is 1.84. The molecule has 0 spiro atoms. The van der Waals surface area contributed by atoms with Crippen LogP contribution >= 0.6 is 0 Å². The Morgan fingerprint density at radius 1 is 0.808 bits per heavy atom. The van der Waals surface area contributed by atoms with E-state index in [1.807, 2.05) is 60.7 Å². The van der Waals surface area contributed by atoms with Gasteiger partial charge in [0.05, 0.1) is 11.4 Å². The van der Waals surface area contributed by atoms with E-state index in [0.717, 1.165) is 11.4 Å². The number of nitrogens with zero attached hydrogens (tertiary/aromatic N) is 2. The molecule has 0 saturated heterocycles. The minimum atomic E-state index is -1.11. The third-order valence-electron chi connectivity index (χ3n) is 3.08. The third-order valence-corrected chi connectivity index (χ3v) is 3.08. The van der Waals surface area contributed by atoms with E-state index in [1.165, 1.54) is 12.1 Å². The molecule has 7 heteroatoms. The van der Waals surface area contributed by atoms with Gasteiger partial charge in [0.2, 0.25) is 0 Å². The van der Waals surface area contributed by atoms with Crippen molar-refractivity contribution in [2.45, 2.75) is 0 Å². The van der Waals surface area contributed by atoms with Crippen LogP contribution in [0.1, 0.15) is 10.4 Å². The minimum absolute atomic E-state index is 0.0671. The second-order valence-electron chi connectivity index (χ2n) is 4.96. The summed E-state index contributed by atoms with van der Waals surface area (Å²) in [6, 6.07) is 25.1. The van der Waals surface area contributed by atoms with Crippen LogP contribution in [0.4, 0.5) is 11.4 Å². The van der Waals surface area contributed by atoms with Crippen LogP contribution in [0.25, 0.3) is 0 Å². The molecule has 3 aromatic rings. The van der Waals surface area contributed by atoms with Gasteiger partial charge in [-0.1, -0.05) is 53.8 Å². The summed E-state index contributed by atoms with van der Waals surface area (Å²) in [6.45, 7) is 0. The highest BCUT2D eigenvalue weighted by Gasteiger charge is 2.05. The normalized spacial score (nSPS) is 9.85. The van der Waals surface area contributed by atoms with Crippen LogP contribution in [0, 0.1) is 0 Å². The first-order chi connectivity index (χ1) is 12.7. The van der Waals surface area contributed by atoms with Gasteiger partial charge < -0.3 is 10.2 Å². The van der Waals surface area contributed by atoms with Gasteiger partial charge in [0.25, 0.3) is 0 Å². The molecule has 0 aliphatic carbocycles. The molecule has 3 aromatic carbocycles. The predicted molar refractivity (Wildman–Crippen MR) is 99.2 cm³/mol. The summed E-state index contributed by atoms with van der Waals surface area (Å²) in [6.07, 6.45) is 0. The number of anilines is 1. The third kappa shape index (κ3) is 6.32. The first kappa shape index (κ1) is 18.5. The van der Waals surface area contributed by atoms with E-state index in [4.69, 9.17) is 10.2 Å². The fraction of sp³-hybridized carbons (Fsp3) is 0. The predicted octanol–water partition coefficient (Wildman–Crippen LogP) is 4.39. The monoisotopic (exact) mass is 350 g/mol. The number of aromatic hydroxyl groups is 1. The number of hydrogen-bond acceptors (Lipinski definition) is 5. The van der Waals surface area contributed by atoms with Crippen LogP contribution in [0.3, 0.4) is 0 Å². The number of hydrazine groups is 1. The van der Waals surface area contributed by atoms with E-state index in [2.05, 4.69) is 21.3 Å². The average Bonchev–Trinajstić information content (AvgIpc) is 2.68. The number of carboxylic acid groups (broad SMARTS) is 1. The number of aromatic carboxylic acids is 1. The standard InChI is InChI=1S/C12H12N4.C7H6O3/c1-3-7-11(8-4-1)13-15-16-14-12-9-5-2-6-10-12;8-6-4-2-1-3-5(6)7(9)10/h1-10H,(H,13,16)(H,14,15);1-4,8H,(H,9,10). The van der Waals surface area contributed by atoms with Crippen LogP contribution in [-0.2, 0) is 0 Å². The Balaban J connectivity index is 0.000000209. The van der Waals surface area contributed by atoms with E-state index in [0.29, 0.717) is 0 Å². The summed E-state index contributed by atoms with van der Waals surface area (Å²) in [5, 5.41) is 25.1. The molecule has 0 radical (unpaired) electrons. The zero-order valence-electron chi connectivity index (χ0n) is 13.8. The van der Waals surface area contributed by atoms with Gasteiger partial charge >= 0.3 is 5.97 Å². The van der Waals surface area contributed by atoms with Crippen molar-refractivity contribution in [1.29, 1.82) is 0 Å². The minimum Gasteiger partial charge on any atom is -0.507 e. The lowest BCUT2D eigenvalue weighted by atomic mass is 10.2. The lowest BCUT2D eigenvalue weighted by Gasteiger charge is -2.02. The lowest BCUT2D eigenvalue weighted by molar-refractivity contribution is 0.0693. The largest absolute Gasteiger partial charge is 0.507 e. The van der Waals surface area contributed by atoms with E-state index in [1.54, 1.807) is 12.1 Å². The number of phenols is 1. The van der Waals surface area contributed by atoms with Crippen molar-refractivity contribution in [3.63, 3.8) is 0 Å². The molecule has 0 atom stereocenters. The maximum atomic E-state index is 10.3. The molecule has 26 heavy (non-hydrogen) atoms. The second kappa shape index (κ2) is 10.1. The Bertz CT molecular complexity index is 840. The summed E-state index contributed by atoms with van der Waals surface area (Å²) < 4.78 is 0. The molecule has 0 heterocycles. The molecule has 0 aliphatic rings. The number of carbonyl (C=O) groups is 1. The van der Waals surface area contributed by atoms with Crippen LogP contribution in [0.2, 0.25) is 0 Å². The summed E-state index contributed by atoms with van der Waals surface area (Å²) >= 11 is 0. The summed E-state index contributed by atoms with van der Waals surface area (Å²) in [7, 11) is 0. The smallest absolute Gasteiger partial charge is 0.339 e. The van der Waals surface area contributed by atoms with Gasteiger partial charge in [-0.15, -0.1) is 5.11 Å². The lowest BCUT2D eigenvalue weighted by Crippen LogP contribution is -2.13. The Morgan fingerprint density at radius 3 is 1.96 bits per heavy atom. The van der Waals surface area contributed by atoms with Crippen LogP contribution in [0.5, 0.6) is 5.75 Å². The van der Waals surface area contributed by atoms with Crippen LogP contribution < -0.4 is 11.0 Å². The molecule has 3 rings (SSSR count). The molecule has 0 saturated carbocycles. The zero-order chi connectivity index (χ0) is 18.6. The van der Waals surface area contributed by atoms with Gasteiger partial charge in [-0.2, -0.15) is 0 Å². The maximum absolute atomic E-state index is 10.3. The molecular weight excluding hydrogens is 332 g/mol. The molecule has 0 aliphatic heterocycles. The van der Waals surface area contributed by atoms with Crippen molar-refractivity contribution in [3.05, 3.63) is 90.5 Å². The number of rotatable bonds is 5. The quantitative estimate of drug-likeness (QED) is 0.403. The molecule has 0 unspecified atom stereocenters. The van der Waals surface area contributed by atoms with Gasteiger partial charge in [0.1, 0.15) is 11.3 Å². The second-order valence-corrected chi connectivity index (χ2v) is 4.96. The number of hydrogen-bond donors (Lipinski definition) is 4. The molecule has 7 nitrogen and oxygen atoms in total. The van der Waals surface area contributed by atoms with Gasteiger partial charge in [0.15, 0.2) is 0 Å². The highest BCUT2D eigenvalue weighted by atomic mass is 16.4. The Labute approximate surface area is 150 Å². The molecule has 0 bridgehead atoms. The SMILES string of the molecule is O=C(O)c1ccccc1O.c1ccc(N=NNNc2ccccc2)cc1. The number of carboxylic acids is 1. The topological polar surface area (TPSA) is 106 Å². The Hall–Kier alpha value is -3.87. The van der Waals surface area contributed by atoms with Crippen molar-refractivity contribution in [2.75, 3.05) is 5.43 Å². The fourth-order valence-corrected chi connectivity index (χ4v) is 1.84. The molecule has 132 valence electrons. The molecule has 0 aromatic heterocycles. The van der Waals surface area contributed by atoms with Crippen molar-refractivity contribution in [1.82, 2.24) is 5.53 Å².